The maximum Gasteiger partial charge on any atom is 0.264 e. The van der Waals surface area contributed by atoms with E-state index in [-0.39, 0.29) is 18.5 Å². The predicted molar refractivity (Wildman–Crippen MR) is 117 cm³/mol. The number of rotatable bonds is 7. The quantitative estimate of drug-likeness (QED) is 0.495. The zero-order valence-corrected chi connectivity index (χ0v) is 18.5. The lowest BCUT2D eigenvalue weighted by molar-refractivity contribution is -0.131. The standard InChI is InChI=1S/C22H28N2O6S/c1-22(21(26)23-27,31(2,28)29)10-12-24-11-7-19(15-20(24)25)17-5-3-16(4-6-17)18-8-13-30-14-9-18/h3-7,11,15,18,27H,8-10,12-14H2,1-2H3,(H,23,26). The first kappa shape index (κ1) is 23.2. The average molecular weight is 449 g/mol. The molecule has 0 bridgehead atoms. The van der Waals surface area contributed by atoms with Gasteiger partial charge >= 0.3 is 0 Å². The number of benzene rings is 1. The molecule has 168 valence electrons. The van der Waals surface area contributed by atoms with Crippen LogP contribution in [0.15, 0.2) is 47.4 Å². The number of aryl methyl sites for hydroxylation is 1. The van der Waals surface area contributed by atoms with Gasteiger partial charge in [-0.2, -0.15) is 0 Å². The lowest BCUT2D eigenvalue weighted by Crippen LogP contribution is -2.49. The van der Waals surface area contributed by atoms with E-state index < -0.39 is 20.5 Å². The molecule has 1 saturated heterocycles. The summed E-state index contributed by atoms with van der Waals surface area (Å²) in [7, 11) is -3.82. The van der Waals surface area contributed by atoms with Crippen LogP contribution in [-0.4, -0.2) is 48.3 Å². The number of hydrogen-bond acceptors (Lipinski definition) is 6. The molecule has 8 nitrogen and oxygen atoms in total. The van der Waals surface area contributed by atoms with Crippen LogP contribution in [0.2, 0.25) is 0 Å². The Labute approximate surface area is 181 Å². The predicted octanol–water partition coefficient (Wildman–Crippen LogP) is 2.11. The highest BCUT2D eigenvalue weighted by molar-refractivity contribution is 7.92. The third-order valence-corrected chi connectivity index (χ3v) is 8.19. The van der Waals surface area contributed by atoms with Crippen molar-refractivity contribution in [3.05, 3.63) is 58.5 Å². The van der Waals surface area contributed by atoms with Crippen LogP contribution in [0.1, 0.15) is 37.7 Å². The van der Waals surface area contributed by atoms with Gasteiger partial charge in [0.2, 0.25) is 0 Å². The number of ether oxygens (including phenoxy) is 1. The summed E-state index contributed by atoms with van der Waals surface area (Å²) in [6, 6.07) is 11.4. The Morgan fingerprint density at radius 1 is 1.19 bits per heavy atom. The molecule has 2 heterocycles. The van der Waals surface area contributed by atoms with Gasteiger partial charge in [-0.3, -0.25) is 14.8 Å². The van der Waals surface area contributed by atoms with Crippen molar-refractivity contribution in [2.24, 2.45) is 0 Å². The lowest BCUT2D eigenvalue weighted by Gasteiger charge is -2.25. The molecule has 1 aromatic carbocycles. The molecule has 1 fully saturated rings. The Bertz CT molecular complexity index is 1090. The fourth-order valence-electron chi connectivity index (χ4n) is 3.77. The number of hydrogen-bond donors (Lipinski definition) is 2. The molecule has 2 aromatic rings. The van der Waals surface area contributed by atoms with Crippen molar-refractivity contribution in [3.8, 4) is 11.1 Å². The molecule has 0 radical (unpaired) electrons. The molecule has 31 heavy (non-hydrogen) atoms. The van der Waals surface area contributed by atoms with E-state index in [0.717, 1.165) is 43.4 Å². The summed E-state index contributed by atoms with van der Waals surface area (Å²) in [6.45, 7) is 2.80. The molecule has 0 aliphatic carbocycles. The summed E-state index contributed by atoms with van der Waals surface area (Å²) in [4.78, 5) is 24.5. The van der Waals surface area contributed by atoms with Crippen molar-refractivity contribution >= 4 is 15.7 Å². The number of sulfone groups is 1. The van der Waals surface area contributed by atoms with E-state index in [1.807, 2.05) is 12.1 Å². The Morgan fingerprint density at radius 3 is 2.39 bits per heavy atom. The Hall–Kier alpha value is -2.49. The molecule has 1 aliphatic rings. The maximum absolute atomic E-state index is 12.6. The molecule has 3 rings (SSSR count). The minimum atomic E-state index is -3.82. The van der Waals surface area contributed by atoms with Gasteiger partial charge in [-0.05, 0) is 54.9 Å². The monoisotopic (exact) mass is 448 g/mol. The van der Waals surface area contributed by atoms with Crippen molar-refractivity contribution in [2.45, 2.75) is 43.4 Å². The molecule has 0 spiro atoms. The average Bonchev–Trinajstić information content (AvgIpc) is 2.77. The van der Waals surface area contributed by atoms with E-state index >= 15 is 0 Å². The van der Waals surface area contributed by atoms with Gasteiger partial charge < -0.3 is 9.30 Å². The van der Waals surface area contributed by atoms with Crippen molar-refractivity contribution in [1.29, 1.82) is 0 Å². The van der Waals surface area contributed by atoms with E-state index in [4.69, 9.17) is 9.94 Å². The number of hydroxylamine groups is 1. The first-order valence-corrected chi connectivity index (χ1v) is 12.1. The minimum absolute atomic E-state index is 0.0127. The number of amides is 1. The molecule has 1 amide bonds. The highest BCUT2D eigenvalue weighted by atomic mass is 32.2. The Balaban J connectivity index is 1.75. The topological polar surface area (TPSA) is 115 Å². The van der Waals surface area contributed by atoms with Crippen LogP contribution in [0.5, 0.6) is 0 Å². The van der Waals surface area contributed by atoms with Gasteiger partial charge in [-0.15, -0.1) is 0 Å². The summed E-state index contributed by atoms with van der Waals surface area (Å²) >= 11 is 0. The van der Waals surface area contributed by atoms with Gasteiger partial charge in [0, 0.05) is 38.3 Å². The second-order valence-electron chi connectivity index (χ2n) is 8.15. The first-order valence-electron chi connectivity index (χ1n) is 10.2. The number of carbonyl (C=O) groups is 1. The summed E-state index contributed by atoms with van der Waals surface area (Å²) in [5, 5.41) is 8.91. The van der Waals surface area contributed by atoms with Gasteiger partial charge in [0.25, 0.3) is 11.5 Å². The number of carbonyl (C=O) groups excluding carboxylic acids is 1. The third kappa shape index (κ3) is 5.06. The van der Waals surface area contributed by atoms with Crippen LogP contribution in [0.3, 0.4) is 0 Å². The number of pyridine rings is 1. The van der Waals surface area contributed by atoms with Gasteiger partial charge in [0.15, 0.2) is 14.6 Å². The fraction of sp³-hybridized carbons (Fsp3) is 0.455. The van der Waals surface area contributed by atoms with Gasteiger partial charge in [-0.25, -0.2) is 13.9 Å². The van der Waals surface area contributed by atoms with Gasteiger partial charge in [0.05, 0.1) is 0 Å². The van der Waals surface area contributed by atoms with E-state index in [2.05, 4.69) is 12.1 Å². The number of nitrogens with zero attached hydrogens (tertiary/aromatic N) is 1. The zero-order valence-electron chi connectivity index (χ0n) is 17.7. The lowest BCUT2D eigenvalue weighted by atomic mass is 9.90. The highest BCUT2D eigenvalue weighted by Crippen LogP contribution is 2.29. The number of nitrogens with one attached hydrogen (secondary N) is 1. The molecule has 1 unspecified atom stereocenters. The van der Waals surface area contributed by atoms with Crippen LogP contribution in [0.4, 0.5) is 0 Å². The normalized spacial score (nSPS) is 17.1. The summed E-state index contributed by atoms with van der Waals surface area (Å²) in [5.41, 5.74) is 4.06. The summed E-state index contributed by atoms with van der Waals surface area (Å²) in [6.07, 6.45) is 4.38. The molecule has 0 saturated carbocycles. The molecule has 1 atom stereocenters. The van der Waals surface area contributed by atoms with Crippen molar-refractivity contribution in [1.82, 2.24) is 10.0 Å². The van der Waals surface area contributed by atoms with Crippen LogP contribution < -0.4 is 11.0 Å². The Kier molecular flexibility index (Phi) is 6.98. The van der Waals surface area contributed by atoms with Gasteiger partial charge in [0.1, 0.15) is 0 Å². The SMILES string of the molecule is CC(CCn1ccc(-c2ccc(C3CCOCC3)cc2)cc1=O)(C(=O)NO)S(C)(=O)=O. The van der Waals surface area contributed by atoms with E-state index in [9.17, 15) is 18.0 Å². The largest absolute Gasteiger partial charge is 0.381 e. The first-order chi connectivity index (χ1) is 14.7. The second kappa shape index (κ2) is 9.33. The van der Waals surface area contributed by atoms with Crippen molar-refractivity contribution < 1.29 is 23.2 Å². The minimum Gasteiger partial charge on any atom is -0.381 e. The van der Waals surface area contributed by atoms with E-state index in [0.29, 0.717) is 5.92 Å². The summed E-state index contributed by atoms with van der Waals surface area (Å²) < 4.78 is 29.1. The molecule has 9 heteroatoms. The van der Waals surface area contributed by atoms with Crippen molar-refractivity contribution in [2.75, 3.05) is 19.5 Å². The van der Waals surface area contributed by atoms with Crippen LogP contribution in [0.25, 0.3) is 11.1 Å². The molecule has 2 N–H and O–H groups in total. The molecule has 1 aromatic heterocycles. The van der Waals surface area contributed by atoms with Crippen LogP contribution >= 0.6 is 0 Å². The second-order valence-corrected chi connectivity index (χ2v) is 10.6. The van der Waals surface area contributed by atoms with Crippen molar-refractivity contribution in [3.63, 3.8) is 0 Å². The summed E-state index contributed by atoms with van der Waals surface area (Å²) in [5.74, 6) is -0.527. The highest BCUT2D eigenvalue weighted by Gasteiger charge is 2.43. The van der Waals surface area contributed by atoms with Crippen LogP contribution in [0, 0.1) is 0 Å². The zero-order chi connectivity index (χ0) is 22.6. The molecular weight excluding hydrogens is 420 g/mol. The number of aromatic nitrogens is 1. The van der Waals surface area contributed by atoms with E-state index in [1.54, 1.807) is 12.3 Å². The smallest absolute Gasteiger partial charge is 0.264 e. The Morgan fingerprint density at radius 2 is 1.84 bits per heavy atom. The fourth-order valence-corrected chi connectivity index (χ4v) is 4.61. The van der Waals surface area contributed by atoms with Gasteiger partial charge in [-0.1, -0.05) is 24.3 Å². The maximum atomic E-state index is 12.6. The van der Waals surface area contributed by atoms with Crippen LogP contribution in [-0.2, 0) is 25.9 Å². The molecular formula is C22H28N2O6S. The molecule has 1 aliphatic heterocycles. The van der Waals surface area contributed by atoms with E-state index in [1.165, 1.54) is 28.6 Å². The third-order valence-electron chi connectivity index (χ3n) is 6.16.